The Balaban J connectivity index is 2.34. The van der Waals surface area contributed by atoms with Crippen LogP contribution in [0.15, 0.2) is 0 Å². The predicted octanol–water partition coefficient (Wildman–Crippen LogP) is 0.0138. The molecule has 5 atom stereocenters. The van der Waals surface area contributed by atoms with Crippen molar-refractivity contribution in [1.29, 1.82) is 0 Å². The van der Waals surface area contributed by atoms with Gasteiger partial charge in [0.25, 0.3) is 5.91 Å². The average Bonchev–Trinajstić information content (AvgIpc) is 2.74. The summed E-state index contributed by atoms with van der Waals surface area (Å²) in [5.74, 6) is -3.61. The Labute approximate surface area is 198 Å². The maximum atomic E-state index is 13.5. The van der Waals surface area contributed by atoms with E-state index >= 15 is 0 Å². The quantitative estimate of drug-likeness (QED) is 0.339. The number of nitrogens with zero attached hydrogens (tertiary/aromatic N) is 2. The van der Waals surface area contributed by atoms with Gasteiger partial charge >= 0.3 is 23.9 Å². The van der Waals surface area contributed by atoms with Gasteiger partial charge in [0.2, 0.25) is 12.4 Å². The van der Waals surface area contributed by atoms with Crippen molar-refractivity contribution in [3.05, 3.63) is 0 Å². The van der Waals surface area contributed by atoms with Crippen molar-refractivity contribution < 1.29 is 47.7 Å². The normalized spacial score (nSPS) is 27.4. The fourth-order valence-corrected chi connectivity index (χ4v) is 3.98. The second kappa shape index (κ2) is 12.7. The number of piperazine rings is 1. The summed E-state index contributed by atoms with van der Waals surface area (Å²) in [6, 6.07) is 0. The molecule has 0 aliphatic carbocycles. The zero-order chi connectivity index (χ0) is 25.4. The van der Waals surface area contributed by atoms with E-state index in [0.29, 0.717) is 26.2 Å². The summed E-state index contributed by atoms with van der Waals surface area (Å²) in [4.78, 5) is 64.4. The van der Waals surface area contributed by atoms with Crippen molar-refractivity contribution in [3.63, 3.8) is 0 Å². The van der Waals surface area contributed by atoms with Gasteiger partial charge in [-0.05, 0) is 13.0 Å². The molecule has 0 aromatic rings. The largest absolute Gasteiger partial charge is 0.455 e. The van der Waals surface area contributed by atoms with Crippen molar-refractivity contribution in [3.8, 4) is 0 Å². The third kappa shape index (κ3) is 7.66. The van der Waals surface area contributed by atoms with Gasteiger partial charge in [-0.25, -0.2) is 0 Å². The van der Waals surface area contributed by atoms with Crippen molar-refractivity contribution in [2.24, 2.45) is 0 Å². The average molecular weight is 487 g/mol. The topological polar surface area (TPSA) is 138 Å². The molecule has 0 spiro atoms. The second-order valence-corrected chi connectivity index (χ2v) is 8.28. The minimum Gasteiger partial charge on any atom is -0.455 e. The standard InChI is InChI=1S/C22H34N2O10/c1-6-7-8-23-9-11-24(12-10-23)21(29)19-17(30-13(2)25)18(31-14(3)26)20(32-15(4)27)22(34-19)33-16(5)28/h17-20,22H,6-12H2,1-5H3/t17-,18-,19-,20+,22+/m0/s1. The molecule has 34 heavy (non-hydrogen) atoms. The SMILES string of the molecule is CCCCN1CCN(C(=O)[C@H]2O[C@@H](OC(C)=O)[C@H](OC(C)=O)[C@@H](OC(C)=O)[C@@H]2OC(C)=O)CC1. The number of rotatable bonds is 8. The zero-order valence-electron chi connectivity index (χ0n) is 20.3. The lowest BCUT2D eigenvalue weighted by Gasteiger charge is -2.45. The van der Waals surface area contributed by atoms with Gasteiger partial charge in [0.15, 0.2) is 18.3 Å². The highest BCUT2D eigenvalue weighted by atomic mass is 16.7. The molecule has 0 unspecified atom stereocenters. The lowest BCUT2D eigenvalue weighted by atomic mass is 9.96. The molecule has 0 aromatic carbocycles. The predicted molar refractivity (Wildman–Crippen MR) is 115 cm³/mol. The van der Waals surface area contributed by atoms with Gasteiger partial charge < -0.3 is 28.6 Å². The molecule has 0 radical (unpaired) electrons. The van der Waals surface area contributed by atoms with E-state index in [4.69, 9.17) is 23.7 Å². The molecule has 2 saturated heterocycles. The zero-order valence-corrected chi connectivity index (χ0v) is 20.3. The lowest BCUT2D eigenvalue weighted by Crippen LogP contribution is -2.66. The molecule has 0 N–H and O–H groups in total. The van der Waals surface area contributed by atoms with Crippen molar-refractivity contribution in [1.82, 2.24) is 9.80 Å². The van der Waals surface area contributed by atoms with Crippen LogP contribution >= 0.6 is 0 Å². The number of hydrogen-bond donors (Lipinski definition) is 0. The summed E-state index contributed by atoms with van der Waals surface area (Å²) in [5.41, 5.74) is 0. The molecular weight excluding hydrogens is 452 g/mol. The number of esters is 4. The molecule has 1 amide bonds. The fraction of sp³-hybridized carbons (Fsp3) is 0.773. The van der Waals surface area contributed by atoms with E-state index < -0.39 is 60.5 Å². The first-order chi connectivity index (χ1) is 16.0. The number of amides is 1. The highest BCUT2D eigenvalue weighted by molar-refractivity contribution is 5.83. The van der Waals surface area contributed by atoms with Gasteiger partial charge in [-0.3, -0.25) is 28.9 Å². The minimum absolute atomic E-state index is 0.416. The summed E-state index contributed by atoms with van der Waals surface area (Å²) in [6.07, 6.45) is -5.21. The molecule has 2 heterocycles. The van der Waals surface area contributed by atoms with Gasteiger partial charge in [0.05, 0.1) is 0 Å². The van der Waals surface area contributed by atoms with Gasteiger partial charge in [-0.2, -0.15) is 0 Å². The lowest BCUT2D eigenvalue weighted by molar-refractivity contribution is -0.292. The van der Waals surface area contributed by atoms with E-state index in [9.17, 15) is 24.0 Å². The van der Waals surface area contributed by atoms with Gasteiger partial charge in [-0.1, -0.05) is 13.3 Å². The molecule has 2 aliphatic heterocycles. The molecule has 0 aromatic heterocycles. The number of carbonyl (C=O) groups excluding carboxylic acids is 5. The Morgan fingerprint density at radius 2 is 1.24 bits per heavy atom. The number of carbonyl (C=O) groups is 5. The third-order valence-electron chi connectivity index (χ3n) is 5.44. The van der Waals surface area contributed by atoms with Gasteiger partial charge in [-0.15, -0.1) is 0 Å². The fourth-order valence-electron chi connectivity index (χ4n) is 3.98. The first-order valence-corrected chi connectivity index (χ1v) is 11.4. The Morgan fingerprint density at radius 3 is 1.74 bits per heavy atom. The first kappa shape index (κ1) is 27.5. The van der Waals surface area contributed by atoms with Crippen LogP contribution in [-0.2, 0) is 47.7 Å². The van der Waals surface area contributed by atoms with E-state index in [1.165, 1.54) is 0 Å². The molecule has 12 heteroatoms. The van der Waals surface area contributed by atoms with Crippen molar-refractivity contribution >= 4 is 29.8 Å². The van der Waals surface area contributed by atoms with Gasteiger partial charge in [0, 0.05) is 53.9 Å². The molecule has 2 fully saturated rings. The Hall–Kier alpha value is -2.73. The number of hydrogen-bond acceptors (Lipinski definition) is 11. The monoisotopic (exact) mass is 486 g/mol. The van der Waals surface area contributed by atoms with E-state index in [1.54, 1.807) is 4.90 Å². The van der Waals surface area contributed by atoms with E-state index in [1.807, 2.05) is 0 Å². The Kier molecular flexibility index (Phi) is 10.2. The van der Waals surface area contributed by atoms with Crippen LogP contribution < -0.4 is 0 Å². The van der Waals surface area contributed by atoms with E-state index in [2.05, 4.69) is 11.8 Å². The minimum atomic E-state index is -1.56. The summed E-state index contributed by atoms with van der Waals surface area (Å²) in [7, 11) is 0. The van der Waals surface area contributed by atoms with Crippen molar-refractivity contribution in [2.45, 2.75) is 78.2 Å². The van der Waals surface area contributed by atoms with Crippen LogP contribution in [0.25, 0.3) is 0 Å². The molecular formula is C22H34N2O10. The summed E-state index contributed by atoms with van der Waals surface area (Å²) in [5, 5.41) is 0. The Bertz CT molecular complexity index is 765. The first-order valence-electron chi connectivity index (χ1n) is 11.4. The molecule has 0 saturated carbocycles. The molecule has 0 bridgehead atoms. The molecule has 2 rings (SSSR count). The van der Waals surface area contributed by atoms with Crippen LogP contribution in [0.1, 0.15) is 47.5 Å². The van der Waals surface area contributed by atoms with Crippen LogP contribution in [0.3, 0.4) is 0 Å². The van der Waals surface area contributed by atoms with Gasteiger partial charge in [0.1, 0.15) is 0 Å². The number of unbranched alkanes of at least 4 members (excludes halogenated alkanes) is 1. The van der Waals surface area contributed by atoms with Crippen molar-refractivity contribution in [2.75, 3.05) is 32.7 Å². The maximum Gasteiger partial charge on any atom is 0.305 e. The van der Waals surface area contributed by atoms with Crippen LogP contribution in [0.2, 0.25) is 0 Å². The molecule has 2 aliphatic rings. The second-order valence-electron chi connectivity index (χ2n) is 8.28. The van der Waals surface area contributed by atoms with Crippen LogP contribution in [0.4, 0.5) is 0 Å². The van der Waals surface area contributed by atoms with Crippen LogP contribution in [-0.4, -0.2) is 103 Å². The summed E-state index contributed by atoms with van der Waals surface area (Å²) < 4.78 is 26.8. The third-order valence-corrected chi connectivity index (χ3v) is 5.44. The highest BCUT2D eigenvalue weighted by Crippen LogP contribution is 2.31. The molecule has 12 nitrogen and oxygen atoms in total. The smallest absolute Gasteiger partial charge is 0.305 e. The highest BCUT2D eigenvalue weighted by Gasteiger charge is 2.56. The maximum absolute atomic E-state index is 13.5. The van der Waals surface area contributed by atoms with E-state index in [0.717, 1.165) is 47.1 Å². The molecule has 192 valence electrons. The number of ether oxygens (including phenoxy) is 5. The summed E-state index contributed by atoms with van der Waals surface area (Å²) in [6.45, 7) is 9.64. The summed E-state index contributed by atoms with van der Waals surface area (Å²) >= 11 is 0. The van der Waals surface area contributed by atoms with E-state index in [-0.39, 0.29) is 0 Å². The van der Waals surface area contributed by atoms with Crippen LogP contribution in [0, 0.1) is 0 Å². The van der Waals surface area contributed by atoms with Crippen LogP contribution in [0.5, 0.6) is 0 Å². The Morgan fingerprint density at radius 1 is 0.735 bits per heavy atom.